The Kier molecular flexibility index (Phi) is 5.79. The van der Waals surface area contributed by atoms with Crippen LogP contribution in [-0.4, -0.2) is 32.3 Å². The number of rotatable bonds is 6. The van der Waals surface area contributed by atoms with E-state index in [2.05, 4.69) is 10.3 Å². The van der Waals surface area contributed by atoms with Gasteiger partial charge in [-0.15, -0.1) is 0 Å². The average Bonchev–Trinajstić information content (AvgIpc) is 3.25. The molecule has 1 aliphatic heterocycles. The van der Waals surface area contributed by atoms with Crippen molar-refractivity contribution in [1.29, 1.82) is 0 Å². The van der Waals surface area contributed by atoms with Crippen molar-refractivity contribution in [3.8, 4) is 11.3 Å². The summed E-state index contributed by atoms with van der Waals surface area (Å²) < 4.78 is 0. The molecule has 2 aromatic heterocycles. The predicted molar refractivity (Wildman–Crippen MR) is 114 cm³/mol. The molecule has 6 nitrogen and oxygen atoms in total. The second-order valence-electron chi connectivity index (χ2n) is 7.22. The zero-order valence-electron chi connectivity index (χ0n) is 16.6. The minimum Gasteiger partial charge on any atom is -0.340 e. The van der Waals surface area contributed by atoms with Gasteiger partial charge in [0.2, 0.25) is 5.91 Å². The average molecular weight is 387 g/mol. The van der Waals surface area contributed by atoms with Crippen molar-refractivity contribution in [2.24, 2.45) is 0 Å². The quantitative estimate of drug-likeness (QED) is 0.661. The van der Waals surface area contributed by atoms with Gasteiger partial charge in [-0.3, -0.25) is 9.78 Å². The van der Waals surface area contributed by atoms with Gasteiger partial charge in [0.05, 0.1) is 11.7 Å². The number of carbonyl (C=O) groups is 1. The molecule has 1 N–H and O–H groups in total. The summed E-state index contributed by atoms with van der Waals surface area (Å²) in [6, 6.07) is 15.7. The molecule has 1 fully saturated rings. The number of pyridine rings is 1. The van der Waals surface area contributed by atoms with E-state index in [4.69, 9.17) is 9.97 Å². The van der Waals surface area contributed by atoms with Crippen LogP contribution in [0.2, 0.25) is 0 Å². The van der Waals surface area contributed by atoms with Crippen LogP contribution in [-0.2, 0) is 4.79 Å². The van der Waals surface area contributed by atoms with E-state index in [-0.39, 0.29) is 11.9 Å². The van der Waals surface area contributed by atoms with Gasteiger partial charge in [0.1, 0.15) is 5.82 Å². The minimum atomic E-state index is -0.0767. The molecule has 1 aromatic carbocycles. The molecule has 0 bridgehead atoms. The highest BCUT2D eigenvalue weighted by Gasteiger charge is 2.32. The standard InChI is InChI=1S/C23H25N5O/c1-2-7-22(29)28-15-6-10-20(28)23-26-19(17-11-13-24-14-12-17)16-21(27-23)25-18-8-4-3-5-9-18/h3-5,8-9,11-14,16,20H,2,6-7,10,15H2,1H3,(H,25,26,27)/t20-/m1/s1. The fourth-order valence-electron chi connectivity index (χ4n) is 3.71. The lowest BCUT2D eigenvalue weighted by atomic mass is 10.1. The SMILES string of the molecule is CCCC(=O)N1CCC[C@@H]1c1nc(Nc2ccccc2)cc(-c2ccncc2)n1. The molecule has 3 heterocycles. The molecular formula is C23H25N5O. The summed E-state index contributed by atoms with van der Waals surface area (Å²) >= 11 is 0. The van der Waals surface area contributed by atoms with Crippen molar-refractivity contribution in [3.05, 3.63) is 66.7 Å². The van der Waals surface area contributed by atoms with E-state index in [1.165, 1.54) is 0 Å². The molecule has 0 unspecified atom stereocenters. The van der Waals surface area contributed by atoms with Crippen LogP contribution >= 0.6 is 0 Å². The fourth-order valence-corrected chi connectivity index (χ4v) is 3.71. The highest BCUT2D eigenvalue weighted by atomic mass is 16.2. The number of para-hydroxylation sites is 1. The highest BCUT2D eigenvalue weighted by Crippen LogP contribution is 2.33. The van der Waals surface area contributed by atoms with Crippen LogP contribution < -0.4 is 5.32 Å². The number of nitrogens with zero attached hydrogens (tertiary/aromatic N) is 4. The van der Waals surface area contributed by atoms with Crippen LogP contribution in [0.15, 0.2) is 60.9 Å². The maximum absolute atomic E-state index is 12.6. The van der Waals surface area contributed by atoms with Gasteiger partial charge in [-0.05, 0) is 43.5 Å². The maximum Gasteiger partial charge on any atom is 0.223 e. The molecule has 0 spiro atoms. The number of likely N-dealkylation sites (tertiary alicyclic amines) is 1. The Morgan fingerprint density at radius 2 is 1.93 bits per heavy atom. The molecule has 4 rings (SSSR count). The third kappa shape index (κ3) is 4.42. The first-order valence-corrected chi connectivity index (χ1v) is 10.2. The number of anilines is 2. The van der Waals surface area contributed by atoms with Gasteiger partial charge in [-0.25, -0.2) is 9.97 Å². The zero-order valence-corrected chi connectivity index (χ0v) is 16.6. The predicted octanol–water partition coefficient (Wildman–Crippen LogP) is 4.75. The number of aromatic nitrogens is 3. The van der Waals surface area contributed by atoms with Crippen molar-refractivity contribution in [3.63, 3.8) is 0 Å². The number of nitrogens with one attached hydrogen (secondary N) is 1. The van der Waals surface area contributed by atoms with E-state index >= 15 is 0 Å². The van der Waals surface area contributed by atoms with Crippen molar-refractivity contribution in [2.75, 3.05) is 11.9 Å². The largest absolute Gasteiger partial charge is 0.340 e. The number of hydrogen-bond acceptors (Lipinski definition) is 5. The monoisotopic (exact) mass is 387 g/mol. The molecule has 1 amide bonds. The molecule has 0 radical (unpaired) electrons. The Hall–Kier alpha value is -3.28. The van der Waals surface area contributed by atoms with Crippen LogP contribution in [0.5, 0.6) is 0 Å². The summed E-state index contributed by atoms with van der Waals surface area (Å²) in [6.45, 7) is 2.80. The van der Waals surface area contributed by atoms with Crippen LogP contribution in [0.1, 0.15) is 44.5 Å². The van der Waals surface area contributed by atoms with Gasteiger partial charge in [-0.2, -0.15) is 0 Å². The van der Waals surface area contributed by atoms with Crippen LogP contribution in [0.25, 0.3) is 11.3 Å². The van der Waals surface area contributed by atoms with E-state index in [1.54, 1.807) is 12.4 Å². The highest BCUT2D eigenvalue weighted by molar-refractivity contribution is 5.77. The fraction of sp³-hybridized carbons (Fsp3) is 0.304. The normalized spacial score (nSPS) is 16.0. The Bertz CT molecular complexity index is 962. The van der Waals surface area contributed by atoms with Gasteiger partial charge in [-0.1, -0.05) is 25.1 Å². The summed E-state index contributed by atoms with van der Waals surface area (Å²) in [5.74, 6) is 1.60. The molecule has 1 aliphatic rings. The van der Waals surface area contributed by atoms with Crippen LogP contribution in [0, 0.1) is 0 Å². The van der Waals surface area contributed by atoms with E-state index in [1.807, 2.05) is 60.4 Å². The van der Waals surface area contributed by atoms with Gasteiger partial charge in [0.25, 0.3) is 0 Å². The van der Waals surface area contributed by atoms with Gasteiger partial charge >= 0.3 is 0 Å². The first-order chi connectivity index (χ1) is 14.2. The smallest absolute Gasteiger partial charge is 0.223 e. The summed E-state index contributed by atoms with van der Waals surface area (Å²) in [4.78, 5) is 28.3. The molecular weight excluding hydrogens is 362 g/mol. The topological polar surface area (TPSA) is 71.0 Å². The van der Waals surface area contributed by atoms with E-state index in [0.29, 0.717) is 12.2 Å². The van der Waals surface area contributed by atoms with Crippen molar-refractivity contribution in [2.45, 2.75) is 38.6 Å². The first kappa shape index (κ1) is 19.1. The third-order valence-electron chi connectivity index (χ3n) is 5.10. The maximum atomic E-state index is 12.6. The van der Waals surface area contributed by atoms with Gasteiger partial charge in [0.15, 0.2) is 5.82 Å². The number of amides is 1. The van der Waals surface area contributed by atoms with Crippen LogP contribution in [0.4, 0.5) is 11.5 Å². The summed E-state index contributed by atoms with van der Waals surface area (Å²) in [6.07, 6.45) is 6.79. The van der Waals surface area contributed by atoms with E-state index in [9.17, 15) is 4.79 Å². The second-order valence-corrected chi connectivity index (χ2v) is 7.22. The van der Waals surface area contributed by atoms with Crippen molar-refractivity contribution < 1.29 is 4.79 Å². The van der Waals surface area contributed by atoms with E-state index in [0.717, 1.165) is 48.6 Å². The lowest BCUT2D eigenvalue weighted by Gasteiger charge is -2.24. The van der Waals surface area contributed by atoms with Gasteiger partial charge in [0, 0.05) is 42.7 Å². The lowest BCUT2D eigenvalue weighted by molar-refractivity contribution is -0.132. The molecule has 148 valence electrons. The Morgan fingerprint density at radius 1 is 1.14 bits per heavy atom. The minimum absolute atomic E-state index is 0.0767. The van der Waals surface area contributed by atoms with E-state index < -0.39 is 0 Å². The summed E-state index contributed by atoms with van der Waals surface area (Å²) in [5.41, 5.74) is 2.76. The molecule has 0 saturated carbocycles. The second kappa shape index (κ2) is 8.82. The molecule has 6 heteroatoms. The number of hydrogen-bond donors (Lipinski definition) is 1. The Balaban J connectivity index is 1.72. The van der Waals surface area contributed by atoms with Crippen molar-refractivity contribution >= 4 is 17.4 Å². The van der Waals surface area contributed by atoms with Crippen LogP contribution in [0.3, 0.4) is 0 Å². The van der Waals surface area contributed by atoms with Gasteiger partial charge < -0.3 is 10.2 Å². The first-order valence-electron chi connectivity index (χ1n) is 10.2. The molecule has 29 heavy (non-hydrogen) atoms. The number of benzene rings is 1. The number of carbonyl (C=O) groups excluding carboxylic acids is 1. The molecule has 1 saturated heterocycles. The Labute approximate surface area is 171 Å². The molecule has 0 aliphatic carbocycles. The van der Waals surface area contributed by atoms with Crippen molar-refractivity contribution in [1.82, 2.24) is 19.9 Å². The summed E-state index contributed by atoms with van der Waals surface area (Å²) in [5, 5.41) is 3.38. The summed E-state index contributed by atoms with van der Waals surface area (Å²) in [7, 11) is 0. The zero-order chi connectivity index (χ0) is 20.1. The Morgan fingerprint density at radius 3 is 2.69 bits per heavy atom. The molecule has 3 aromatic rings. The third-order valence-corrected chi connectivity index (χ3v) is 5.10. The molecule has 1 atom stereocenters. The lowest BCUT2D eigenvalue weighted by Crippen LogP contribution is -2.31.